The van der Waals surface area contributed by atoms with Crippen LogP contribution in [0.15, 0.2) is 24.5 Å². The third-order valence-corrected chi connectivity index (χ3v) is 4.86. The first-order valence-electron chi connectivity index (χ1n) is 10.00. The molecule has 2 heterocycles. The lowest BCUT2D eigenvalue weighted by Crippen LogP contribution is -2.41. The van der Waals surface area contributed by atoms with Gasteiger partial charge < -0.3 is 19.3 Å². The van der Waals surface area contributed by atoms with Gasteiger partial charge >= 0.3 is 12.1 Å². The van der Waals surface area contributed by atoms with E-state index in [4.69, 9.17) is 9.47 Å². The Balaban J connectivity index is 1.97. The molecular weight excluding hydrogens is 403 g/mol. The van der Waals surface area contributed by atoms with Crippen LogP contribution in [0.4, 0.5) is 20.7 Å². The first-order valence-corrected chi connectivity index (χ1v) is 10.00. The molecule has 1 aromatic carbocycles. The number of carbonyl (C=O) groups excluding carboxylic acids is 2. The van der Waals surface area contributed by atoms with Gasteiger partial charge in [-0.15, -0.1) is 0 Å². The number of carbonyl (C=O) groups is 2. The molecule has 1 aromatic heterocycles. The van der Waals surface area contributed by atoms with Gasteiger partial charge in [-0.25, -0.2) is 19.2 Å². The summed E-state index contributed by atoms with van der Waals surface area (Å²) < 4.78 is 24.0. The largest absolute Gasteiger partial charge is 0.468 e. The summed E-state index contributed by atoms with van der Waals surface area (Å²) in [6.45, 7) is 7.82. The van der Waals surface area contributed by atoms with Crippen molar-refractivity contribution in [2.45, 2.75) is 46.3 Å². The van der Waals surface area contributed by atoms with Crippen LogP contribution in [0.2, 0.25) is 0 Å². The molecule has 1 aliphatic heterocycles. The van der Waals surface area contributed by atoms with Crippen molar-refractivity contribution in [3.05, 3.63) is 47.2 Å². The predicted octanol–water partition coefficient (Wildman–Crippen LogP) is 3.53. The van der Waals surface area contributed by atoms with E-state index in [-0.39, 0.29) is 18.9 Å². The Morgan fingerprint density at radius 3 is 2.65 bits per heavy atom. The Kier molecular flexibility index (Phi) is 6.42. The van der Waals surface area contributed by atoms with Gasteiger partial charge in [0.05, 0.1) is 19.3 Å². The van der Waals surface area contributed by atoms with Gasteiger partial charge in [0.2, 0.25) is 0 Å². The minimum Gasteiger partial charge on any atom is -0.468 e. The number of anilines is 2. The molecule has 1 amide bonds. The fourth-order valence-electron chi connectivity index (χ4n) is 3.44. The molecule has 0 saturated heterocycles. The second-order valence-corrected chi connectivity index (χ2v) is 8.37. The molecule has 0 radical (unpaired) electrons. The van der Waals surface area contributed by atoms with Crippen molar-refractivity contribution < 1.29 is 23.5 Å². The summed E-state index contributed by atoms with van der Waals surface area (Å²) in [5, 5.41) is 0. The van der Waals surface area contributed by atoms with Crippen molar-refractivity contribution in [1.82, 2.24) is 14.9 Å². The Hall–Kier alpha value is -3.23. The minimum absolute atomic E-state index is 0.0950. The standard InChI is InChI=1S/C22H27FN4O4/c1-14-10-15(23)6-7-18(14)27(12-19(28)30-5)20-16-8-9-26(11-17(16)24-13-25-20)21(29)31-22(2,3)4/h6-7,10,13H,8-9,11-12H2,1-5H3. The lowest BCUT2D eigenvalue weighted by Gasteiger charge is -2.33. The number of hydrogen-bond acceptors (Lipinski definition) is 7. The molecule has 3 rings (SSSR count). The van der Waals surface area contributed by atoms with Crippen LogP contribution in [-0.4, -0.2) is 52.7 Å². The molecule has 0 bridgehead atoms. The number of nitrogens with zero attached hydrogens (tertiary/aromatic N) is 4. The first-order chi connectivity index (χ1) is 14.6. The van der Waals surface area contributed by atoms with Gasteiger partial charge in [0, 0.05) is 17.8 Å². The lowest BCUT2D eigenvalue weighted by molar-refractivity contribution is -0.138. The molecule has 1 aliphatic rings. The van der Waals surface area contributed by atoms with E-state index >= 15 is 0 Å². The predicted molar refractivity (Wildman–Crippen MR) is 113 cm³/mol. The molecule has 0 saturated carbocycles. The van der Waals surface area contributed by atoms with E-state index in [1.165, 1.54) is 25.6 Å². The Labute approximate surface area is 181 Å². The fourth-order valence-corrected chi connectivity index (χ4v) is 3.44. The zero-order valence-electron chi connectivity index (χ0n) is 18.4. The van der Waals surface area contributed by atoms with E-state index in [1.807, 2.05) is 20.8 Å². The smallest absolute Gasteiger partial charge is 0.410 e. The molecule has 8 nitrogen and oxygen atoms in total. The van der Waals surface area contributed by atoms with E-state index in [0.29, 0.717) is 35.7 Å². The normalized spacial score (nSPS) is 13.4. The molecule has 9 heteroatoms. The van der Waals surface area contributed by atoms with Gasteiger partial charge in [0.25, 0.3) is 0 Å². The summed E-state index contributed by atoms with van der Waals surface area (Å²) in [4.78, 5) is 36.7. The summed E-state index contributed by atoms with van der Waals surface area (Å²) in [5.74, 6) is -0.284. The molecule has 0 unspecified atom stereocenters. The summed E-state index contributed by atoms with van der Waals surface area (Å²) in [7, 11) is 1.31. The number of amides is 1. The SMILES string of the molecule is COC(=O)CN(c1ccc(F)cc1C)c1ncnc2c1CCN(C(=O)OC(C)(C)C)C2. The summed E-state index contributed by atoms with van der Waals surface area (Å²) in [6.07, 6.45) is 1.48. The van der Waals surface area contributed by atoms with Crippen molar-refractivity contribution in [3.63, 3.8) is 0 Å². The lowest BCUT2D eigenvalue weighted by atomic mass is 10.0. The molecule has 166 valence electrons. The molecule has 0 aliphatic carbocycles. The number of esters is 1. The van der Waals surface area contributed by atoms with E-state index in [1.54, 1.807) is 22.8 Å². The Bertz CT molecular complexity index is 990. The fraction of sp³-hybridized carbons (Fsp3) is 0.455. The molecular formula is C22H27FN4O4. The molecule has 0 fully saturated rings. The van der Waals surface area contributed by atoms with E-state index in [9.17, 15) is 14.0 Å². The zero-order valence-corrected chi connectivity index (χ0v) is 18.4. The van der Waals surface area contributed by atoms with E-state index in [0.717, 1.165) is 5.56 Å². The summed E-state index contributed by atoms with van der Waals surface area (Å²) in [5.41, 5.74) is 2.21. The maximum absolute atomic E-state index is 13.7. The molecule has 0 N–H and O–H groups in total. The number of ether oxygens (including phenoxy) is 2. The molecule has 0 spiro atoms. The van der Waals surface area contributed by atoms with Crippen LogP contribution < -0.4 is 4.90 Å². The first kappa shape index (κ1) is 22.5. The number of rotatable bonds is 4. The second-order valence-electron chi connectivity index (χ2n) is 8.37. The van der Waals surface area contributed by atoms with Crippen LogP contribution in [0.5, 0.6) is 0 Å². The van der Waals surface area contributed by atoms with Gasteiger partial charge in [-0.2, -0.15) is 0 Å². The third-order valence-electron chi connectivity index (χ3n) is 4.86. The van der Waals surface area contributed by atoms with Crippen LogP contribution in [0, 0.1) is 12.7 Å². The van der Waals surface area contributed by atoms with Gasteiger partial charge in [-0.1, -0.05) is 0 Å². The monoisotopic (exact) mass is 430 g/mol. The van der Waals surface area contributed by atoms with Crippen molar-refractivity contribution in [3.8, 4) is 0 Å². The number of aromatic nitrogens is 2. The highest BCUT2D eigenvalue weighted by molar-refractivity contribution is 5.81. The quantitative estimate of drug-likeness (QED) is 0.686. The van der Waals surface area contributed by atoms with Crippen LogP contribution in [0.1, 0.15) is 37.6 Å². The minimum atomic E-state index is -0.592. The zero-order chi connectivity index (χ0) is 22.8. The third kappa shape index (κ3) is 5.28. The average molecular weight is 430 g/mol. The van der Waals surface area contributed by atoms with E-state index < -0.39 is 17.7 Å². The van der Waals surface area contributed by atoms with Crippen LogP contribution in [-0.2, 0) is 27.2 Å². The highest BCUT2D eigenvalue weighted by Crippen LogP contribution is 2.33. The van der Waals surface area contributed by atoms with Crippen molar-refractivity contribution in [2.24, 2.45) is 0 Å². The Morgan fingerprint density at radius 2 is 2.00 bits per heavy atom. The Morgan fingerprint density at radius 1 is 1.26 bits per heavy atom. The number of aryl methyl sites for hydroxylation is 1. The van der Waals surface area contributed by atoms with Crippen molar-refractivity contribution in [2.75, 3.05) is 25.1 Å². The molecule has 2 aromatic rings. The number of hydrogen-bond donors (Lipinski definition) is 0. The van der Waals surface area contributed by atoms with Crippen LogP contribution in [0.25, 0.3) is 0 Å². The second kappa shape index (κ2) is 8.87. The summed E-state index contributed by atoms with van der Waals surface area (Å²) in [6, 6.07) is 4.35. The van der Waals surface area contributed by atoms with Crippen molar-refractivity contribution in [1.29, 1.82) is 0 Å². The maximum Gasteiger partial charge on any atom is 0.410 e. The molecule has 0 atom stereocenters. The average Bonchev–Trinajstić information content (AvgIpc) is 2.70. The van der Waals surface area contributed by atoms with Gasteiger partial charge in [0.1, 0.15) is 30.1 Å². The van der Waals surface area contributed by atoms with Gasteiger partial charge in [-0.3, -0.25) is 4.79 Å². The maximum atomic E-state index is 13.7. The van der Waals surface area contributed by atoms with Crippen molar-refractivity contribution >= 4 is 23.6 Å². The summed E-state index contributed by atoms with van der Waals surface area (Å²) >= 11 is 0. The number of halogens is 1. The highest BCUT2D eigenvalue weighted by Gasteiger charge is 2.30. The number of benzene rings is 1. The van der Waals surface area contributed by atoms with Gasteiger partial charge in [0.15, 0.2) is 0 Å². The van der Waals surface area contributed by atoms with Crippen LogP contribution >= 0.6 is 0 Å². The number of fused-ring (bicyclic) bond motifs is 1. The van der Waals surface area contributed by atoms with E-state index in [2.05, 4.69) is 9.97 Å². The van der Waals surface area contributed by atoms with Crippen LogP contribution in [0.3, 0.4) is 0 Å². The van der Waals surface area contributed by atoms with Gasteiger partial charge in [-0.05, 0) is 57.9 Å². The number of methoxy groups -OCH3 is 1. The molecule has 31 heavy (non-hydrogen) atoms. The highest BCUT2D eigenvalue weighted by atomic mass is 19.1. The topological polar surface area (TPSA) is 84.9 Å².